The molecule has 3 aromatic rings. The van der Waals surface area contributed by atoms with Crippen LogP contribution < -0.4 is 4.74 Å². The van der Waals surface area contributed by atoms with Gasteiger partial charge in [0, 0.05) is 16.1 Å². The van der Waals surface area contributed by atoms with Crippen LogP contribution in [0.4, 0.5) is 0 Å². The maximum absolute atomic E-state index is 11.9. The van der Waals surface area contributed by atoms with Crippen LogP contribution in [0.2, 0.25) is 10.0 Å². The highest BCUT2D eigenvalue weighted by Gasteiger charge is 2.04. The number of benzene rings is 2. The van der Waals surface area contributed by atoms with E-state index in [9.17, 15) is 4.79 Å². The molecule has 8 heteroatoms. The van der Waals surface area contributed by atoms with Gasteiger partial charge in [-0.15, -0.1) is 5.10 Å². The molecule has 0 saturated carbocycles. The van der Waals surface area contributed by atoms with Crippen molar-refractivity contribution in [3.63, 3.8) is 0 Å². The highest BCUT2D eigenvalue weighted by atomic mass is 35.5. The van der Waals surface area contributed by atoms with Gasteiger partial charge in [-0.1, -0.05) is 29.3 Å². The second-order valence-corrected chi connectivity index (χ2v) is 5.51. The van der Waals surface area contributed by atoms with E-state index in [2.05, 4.69) is 15.5 Å². The Bertz CT molecular complexity index is 878. The second kappa shape index (κ2) is 7.25. The molecule has 1 heterocycles. The topological polar surface area (TPSA) is 69.9 Å². The lowest BCUT2D eigenvalue weighted by molar-refractivity contribution is -0.128. The van der Waals surface area contributed by atoms with Gasteiger partial charge in [0.2, 0.25) is 0 Å². The largest absolute Gasteiger partial charge is 0.423 e. The monoisotopic (exact) mass is 360 g/mol. The normalized spacial score (nSPS) is 10.9. The Balaban J connectivity index is 1.65. The number of hydrogen-bond donors (Lipinski definition) is 0. The summed E-state index contributed by atoms with van der Waals surface area (Å²) in [6.45, 7) is 0. The van der Waals surface area contributed by atoms with Gasteiger partial charge >= 0.3 is 5.97 Å². The molecule has 0 saturated heterocycles. The summed E-state index contributed by atoms with van der Waals surface area (Å²) in [4.78, 5) is 11.9. The van der Waals surface area contributed by atoms with Crippen molar-refractivity contribution in [2.75, 3.05) is 0 Å². The predicted octanol–water partition coefficient (Wildman–Crippen LogP) is 3.59. The lowest BCUT2D eigenvalue weighted by Gasteiger charge is -2.03. The number of aromatic nitrogens is 4. The molecule has 0 aliphatic heterocycles. The van der Waals surface area contributed by atoms with Crippen molar-refractivity contribution in [2.24, 2.45) is 0 Å². The van der Waals surface area contributed by atoms with Crippen LogP contribution >= 0.6 is 23.2 Å². The minimum atomic E-state index is -0.517. The van der Waals surface area contributed by atoms with Gasteiger partial charge in [0.05, 0.1) is 5.69 Å². The van der Waals surface area contributed by atoms with E-state index < -0.39 is 5.97 Å². The van der Waals surface area contributed by atoms with Crippen LogP contribution in [0.5, 0.6) is 5.75 Å². The summed E-state index contributed by atoms with van der Waals surface area (Å²) in [6.07, 6.45) is 4.33. The summed E-state index contributed by atoms with van der Waals surface area (Å²) >= 11 is 11.9. The molecule has 1 aromatic heterocycles. The van der Waals surface area contributed by atoms with Crippen molar-refractivity contribution in [2.45, 2.75) is 0 Å². The van der Waals surface area contributed by atoms with Crippen molar-refractivity contribution in [3.05, 3.63) is 70.5 Å². The van der Waals surface area contributed by atoms with Gasteiger partial charge in [0.1, 0.15) is 12.1 Å². The van der Waals surface area contributed by atoms with Crippen LogP contribution in [-0.4, -0.2) is 26.2 Å². The third-order valence-electron chi connectivity index (χ3n) is 3.03. The molecule has 0 N–H and O–H groups in total. The van der Waals surface area contributed by atoms with Crippen LogP contribution in [0, 0.1) is 0 Å². The standard InChI is InChI=1S/C16H10Cl2N4O2/c17-12-3-1-11(15(18)9-12)2-8-16(23)24-14-6-4-13(5-7-14)22-10-19-20-21-22/h1-10H/b8-2+. The lowest BCUT2D eigenvalue weighted by atomic mass is 10.2. The molecule has 0 amide bonds. The molecule has 0 aliphatic rings. The highest BCUT2D eigenvalue weighted by molar-refractivity contribution is 6.35. The average molecular weight is 361 g/mol. The van der Waals surface area contributed by atoms with Crippen molar-refractivity contribution in [1.82, 2.24) is 20.2 Å². The molecule has 120 valence electrons. The van der Waals surface area contributed by atoms with Crippen LogP contribution in [0.3, 0.4) is 0 Å². The first kappa shape index (κ1) is 16.2. The number of carbonyl (C=O) groups is 1. The first-order valence-corrected chi connectivity index (χ1v) is 7.56. The number of nitrogens with zero attached hydrogens (tertiary/aromatic N) is 4. The predicted molar refractivity (Wildman–Crippen MR) is 90.3 cm³/mol. The number of halogens is 2. The maximum atomic E-state index is 11.9. The van der Waals surface area contributed by atoms with Crippen molar-refractivity contribution < 1.29 is 9.53 Å². The van der Waals surface area contributed by atoms with Gasteiger partial charge in [0.15, 0.2) is 0 Å². The molecule has 0 atom stereocenters. The van der Waals surface area contributed by atoms with Crippen molar-refractivity contribution in [3.8, 4) is 11.4 Å². The van der Waals surface area contributed by atoms with E-state index >= 15 is 0 Å². The Morgan fingerprint density at radius 2 is 1.92 bits per heavy atom. The molecule has 0 aliphatic carbocycles. The van der Waals surface area contributed by atoms with E-state index in [4.69, 9.17) is 27.9 Å². The molecule has 2 aromatic carbocycles. The van der Waals surface area contributed by atoms with Gasteiger partial charge in [-0.05, 0) is 58.5 Å². The van der Waals surface area contributed by atoms with E-state index in [0.717, 1.165) is 5.69 Å². The van der Waals surface area contributed by atoms with Gasteiger partial charge < -0.3 is 4.74 Å². The quantitative estimate of drug-likeness (QED) is 0.404. The average Bonchev–Trinajstić information content (AvgIpc) is 3.09. The van der Waals surface area contributed by atoms with Crippen LogP contribution in [0.25, 0.3) is 11.8 Å². The Kier molecular flexibility index (Phi) is 4.88. The fourth-order valence-electron chi connectivity index (χ4n) is 1.89. The SMILES string of the molecule is O=C(/C=C/c1ccc(Cl)cc1Cl)Oc1ccc(-n2cnnn2)cc1. The minimum Gasteiger partial charge on any atom is -0.423 e. The summed E-state index contributed by atoms with van der Waals surface area (Å²) in [5, 5.41) is 11.9. The number of carbonyl (C=O) groups excluding carboxylic acids is 1. The summed E-state index contributed by atoms with van der Waals surface area (Å²) in [7, 11) is 0. The molecule has 0 bridgehead atoms. The van der Waals surface area contributed by atoms with Crippen LogP contribution in [-0.2, 0) is 4.79 Å². The van der Waals surface area contributed by atoms with Gasteiger partial charge in [-0.25, -0.2) is 9.48 Å². The van der Waals surface area contributed by atoms with Gasteiger partial charge in [-0.3, -0.25) is 0 Å². The Morgan fingerprint density at radius 1 is 1.12 bits per heavy atom. The molecule has 0 spiro atoms. The van der Waals surface area contributed by atoms with Crippen molar-refractivity contribution >= 4 is 35.2 Å². The number of tetrazole rings is 1. The zero-order valence-electron chi connectivity index (χ0n) is 12.1. The third kappa shape index (κ3) is 3.98. The molecule has 0 unspecified atom stereocenters. The molecule has 0 fully saturated rings. The summed E-state index contributed by atoms with van der Waals surface area (Å²) < 4.78 is 6.71. The van der Waals surface area contributed by atoms with E-state index in [-0.39, 0.29) is 0 Å². The first-order valence-electron chi connectivity index (χ1n) is 6.80. The van der Waals surface area contributed by atoms with Crippen molar-refractivity contribution in [1.29, 1.82) is 0 Å². The zero-order valence-corrected chi connectivity index (χ0v) is 13.6. The highest BCUT2D eigenvalue weighted by Crippen LogP contribution is 2.22. The summed E-state index contributed by atoms with van der Waals surface area (Å²) in [6, 6.07) is 11.8. The molecule has 6 nitrogen and oxygen atoms in total. The molecule has 0 radical (unpaired) electrons. The molecule has 3 rings (SSSR count). The smallest absolute Gasteiger partial charge is 0.336 e. The Labute approximate surface area is 147 Å². The molecular formula is C16H10Cl2N4O2. The van der Waals surface area contributed by atoms with Gasteiger partial charge in [-0.2, -0.15) is 0 Å². The van der Waals surface area contributed by atoms with Crippen LogP contribution in [0.1, 0.15) is 5.56 Å². The molecule has 24 heavy (non-hydrogen) atoms. The third-order valence-corrected chi connectivity index (χ3v) is 3.59. The fourth-order valence-corrected chi connectivity index (χ4v) is 2.36. The first-order chi connectivity index (χ1) is 11.6. The Hall–Kier alpha value is -2.70. The summed E-state index contributed by atoms with van der Waals surface area (Å²) in [5.74, 6) is -0.111. The van der Waals surface area contributed by atoms with E-state index in [1.165, 1.54) is 17.1 Å². The number of rotatable bonds is 4. The number of esters is 1. The van der Waals surface area contributed by atoms with E-state index in [1.54, 1.807) is 48.5 Å². The lowest BCUT2D eigenvalue weighted by Crippen LogP contribution is -2.04. The van der Waals surface area contributed by atoms with Gasteiger partial charge in [0.25, 0.3) is 0 Å². The number of ether oxygens (including phenoxy) is 1. The summed E-state index contributed by atoms with van der Waals surface area (Å²) in [5.41, 5.74) is 1.43. The fraction of sp³-hybridized carbons (Fsp3) is 0. The van der Waals surface area contributed by atoms with E-state index in [1.807, 2.05) is 0 Å². The zero-order chi connectivity index (χ0) is 16.9. The molecular weight excluding hydrogens is 351 g/mol. The van der Waals surface area contributed by atoms with E-state index in [0.29, 0.717) is 21.4 Å². The van der Waals surface area contributed by atoms with Crippen LogP contribution in [0.15, 0.2) is 54.9 Å². The minimum absolute atomic E-state index is 0.406. The Morgan fingerprint density at radius 3 is 2.58 bits per heavy atom. The maximum Gasteiger partial charge on any atom is 0.336 e. The second-order valence-electron chi connectivity index (χ2n) is 4.67. The number of hydrogen-bond acceptors (Lipinski definition) is 5.